The third kappa shape index (κ3) is 3.56. The molecule has 0 atom stereocenters. The van der Waals surface area contributed by atoms with Crippen molar-refractivity contribution in [2.75, 3.05) is 0 Å². The highest BCUT2D eigenvalue weighted by molar-refractivity contribution is 5.23. The highest BCUT2D eigenvalue weighted by Crippen LogP contribution is 2.22. The molecule has 0 radical (unpaired) electrons. The Bertz CT molecular complexity index is 380. The maximum absolute atomic E-state index is 5.96. The molecule has 0 unspecified atom stereocenters. The van der Waals surface area contributed by atoms with E-state index in [1.165, 1.54) is 49.7 Å². The van der Waals surface area contributed by atoms with Crippen molar-refractivity contribution >= 4 is 0 Å². The number of benzene rings is 1. The second-order valence-corrected chi connectivity index (χ2v) is 5.69. The standard InChI is InChI=1S/C16H23NO/c1-2-7-16(6-1)18-12-14-5-3-4-13(10-14)11-17-15-8-9-15/h3-5,10,15-17H,1-2,6-9,11-12H2. The average molecular weight is 245 g/mol. The third-order valence-electron chi connectivity index (χ3n) is 3.95. The lowest BCUT2D eigenvalue weighted by Crippen LogP contribution is -2.15. The second-order valence-electron chi connectivity index (χ2n) is 5.69. The van der Waals surface area contributed by atoms with Crippen LogP contribution in [0, 0.1) is 0 Å². The van der Waals surface area contributed by atoms with Gasteiger partial charge in [-0.05, 0) is 36.8 Å². The van der Waals surface area contributed by atoms with E-state index in [2.05, 4.69) is 29.6 Å². The maximum atomic E-state index is 5.96. The molecule has 0 aromatic heterocycles. The Labute approximate surface area is 110 Å². The quantitative estimate of drug-likeness (QED) is 0.829. The largest absolute Gasteiger partial charge is 0.374 e. The van der Waals surface area contributed by atoms with Crippen LogP contribution in [0.15, 0.2) is 24.3 Å². The van der Waals surface area contributed by atoms with Gasteiger partial charge in [-0.3, -0.25) is 0 Å². The smallest absolute Gasteiger partial charge is 0.0720 e. The molecular formula is C16H23NO. The van der Waals surface area contributed by atoms with Crippen molar-refractivity contribution in [3.05, 3.63) is 35.4 Å². The van der Waals surface area contributed by atoms with E-state index in [9.17, 15) is 0 Å². The molecule has 1 aromatic carbocycles. The Hall–Kier alpha value is -0.860. The Morgan fingerprint density at radius 2 is 1.83 bits per heavy atom. The molecule has 1 N–H and O–H groups in total. The molecule has 0 bridgehead atoms. The maximum Gasteiger partial charge on any atom is 0.0720 e. The third-order valence-corrected chi connectivity index (χ3v) is 3.95. The Kier molecular flexibility index (Phi) is 3.96. The molecule has 0 saturated heterocycles. The van der Waals surface area contributed by atoms with Crippen LogP contribution in [-0.2, 0) is 17.9 Å². The van der Waals surface area contributed by atoms with Gasteiger partial charge >= 0.3 is 0 Å². The van der Waals surface area contributed by atoms with Gasteiger partial charge in [0.25, 0.3) is 0 Å². The summed E-state index contributed by atoms with van der Waals surface area (Å²) in [6, 6.07) is 9.59. The van der Waals surface area contributed by atoms with Gasteiger partial charge in [0.2, 0.25) is 0 Å². The minimum Gasteiger partial charge on any atom is -0.374 e. The predicted molar refractivity (Wildman–Crippen MR) is 73.3 cm³/mol. The zero-order valence-corrected chi connectivity index (χ0v) is 11.0. The molecule has 2 aliphatic rings. The van der Waals surface area contributed by atoms with Crippen LogP contribution in [0.2, 0.25) is 0 Å². The number of hydrogen-bond donors (Lipinski definition) is 1. The summed E-state index contributed by atoms with van der Waals surface area (Å²) in [5.41, 5.74) is 2.70. The van der Waals surface area contributed by atoms with Crippen molar-refractivity contribution in [3.8, 4) is 0 Å². The van der Waals surface area contributed by atoms with Gasteiger partial charge in [-0.2, -0.15) is 0 Å². The summed E-state index contributed by atoms with van der Waals surface area (Å²) in [4.78, 5) is 0. The number of nitrogens with one attached hydrogen (secondary N) is 1. The normalized spacial score (nSPS) is 20.4. The van der Waals surface area contributed by atoms with Gasteiger partial charge in [0, 0.05) is 12.6 Å². The van der Waals surface area contributed by atoms with Crippen molar-refractivity contribution in [2.45, 2.75) is 63.8 Å². The van der Waals surface area contributed by atoms with Crippen LogP contribution in [0.25, 0.3) is 0 Å². The van der Waals surface area contributed by atoms with Gasteiger partial charge in [0.05, 0.1) is 12.7 Å². The summed E-state index contributed by atoms with van der Waals surface area (Å²) in [5.74, 6) is 0. The number of rotatable bonds is 6. The van der Waals surface area contributed by atoms with Crippen LogP contribution in [-0.4, -0.2) is 12.1 Å². The molecule has 2 fully saturated rings. The number of ether oxygens (including phenoxy) is 1. The van der Waals surface area contributed by atoms with Crippen LogP contribution in [0.1, 0.15) is 49.7 Å². The van der Waals surface area contributed by atoms with Crippen LogP contribution in [0.4, 0.5) is 0 Å². The van der Waals surface area contributed by atoms with Crippen LogP contribution >= 0.6 is 0 Å². The van der Waals surface area contributed by atoms with Gasteiger partial charge in [-0.15, -0.1) is 0 Å². The van der Waals surface area contributed by atoms with Crippen molar-refractivity contribution in [2.24, 2.45) is 0 Å². The van der Waals surface area contributed by atoms with Crippen LogP contribution in [0.3, 0.4) is 0 Å². The fourth-order valence-electron chi connectivity index (χ4n) is 2.65. The molecule has 2 aliphatic carbocycles. The molecule has 0 aliphatic heterocycles. The van der Waals surface area contributed by atoms with E-state index in [0.717, 1.165) is 19.2 Å². The minimum atomic E-state index is 0.512. The molecule has 0 heterocycles. The molecule has 2 heteroatoms. The molecule has 0 amide bonds. The SMILES string of the molecule is c1cc(CNC2CC2)cc(COC2CCCC2)c1. The van der Waals surface area contributed by atoms with E-state index in [-0.39, 0.29) is 0 Å². The summed E-state index contributed by atoms with van der Waals surface area (Å²) >= 11 is 0. The fraction of sp³-hybridized carbons (Fsp3) is 0.625. The fourth-order valence-corrected chi connectivity index (χ4v) is 2.65. The lowest BCUT2D eigenvalue weighted by Gasteiger charge is -2.12. The van der Waals surface area contributed by atoms with E-state index in [0.29, 0.717) is 6.10 Å². The summed E-state index contributed by atoms with van der Waals surface area (Å²) < 4.78 is 5.96. The van der Waals surface area contributed by atoms with Gasteiger partial charge in [0.15, 0.2) is 0 Å². The van der Waals surface area contributed by atoms with E-state index < -0.39 is 0 Å². The first-order valence-electron chi connectivity index (χ1n) is 7.33. The number of hydrogen-bond acceptors (Lipinski definition) is 2. The van der Waals surface area contributed by atoms with E-state index >= 15 is 0 Å². The van der Waals surface area contributed by atoms with Crippen LogP contribution in [0.5, 0.6) is 0 Å². The predicted octanol–water partition coefficient (Wildman–Crippen LogP) is 3.40. The average Bonchev–Trinajstić information content (AvgIpc) is 3.09. The van der Waals surface area contributed by atoms with Crippen molar-refractivity contribution in [1.82, 2.24) is 5.32 Å². The lowest BCUT2D eigenvalue weighted by molar-refractivity contribution is 0.0456. The van der Waals surface area contributed by atoms with Gasteiger partial charge in [0.1, 0.15) is 0 Å². The van der Waals surface area contributed by atoms with Gasteiger partial charge in [-0.25, -0.2) is 0 Å². The highest BCUT2D eigenvalue weighted by Gasteiger charge is 2.20. The Morgan fingerprint density at radius 1 is 1.06 bits per heavy atom. The minimum absolute atomic E-state index is 0.512. The zero-order valence-electron chi connectivity index (χ0n) is 11.0. The van der Waals surface area contributed by atoms with E-state index in [1.807, 2.05) is 0 Å². The Balaban J connectivity index is 1.49. The molecule has 2 nitrogen and oxygen atoms in total. The van der Waals surface area contributed by atoms with Crippen molar-refractivity contribution in [3.63, 3.8) is 0 Å². The van der Waals surface area contributed by atoms with Crippen molar-refractivity contribution < 1.29 is 4.74 Å². The molecule has 0 spiro atoms. The molecule has 3 rings (SSSR count). The summed E-state index contributed by atoms with van der Waals surface area (Å²) in [6.45, 7) is 1.78. The van der Waals surface area contributed by atoms with Crippen molar-refractivity contribution in [1.29, 1.82) is 0 Å². The van der Waals surface area contributed by atoms with E-state index in [4.69, 9.17) is 4.74 Å². The monoisotopic (exact) mass is 245 g/mol. The lowest BCUT2D eigenvalue weighted by atomic mass is 10.1. The topological polar surface area (TPSA) is 21.3 Å². The molecular weight excluding hydrogens is 222 g/mol. The van der Waals surface area contributed by atoms with Crippen LogP contribution < -0.4 is 5.32 Å². The summed E-state index contributed by atoms with van der Waals surface area (Å²) in [6.07, 6.45) is 8.41. The van der Waals surface area contributed by atoms with Gasteiger partial charge in [-0.1, -0.05) is 37.1 Å². The Morgan fingerprint density at radius 3 is 2.61 bits per heavy atom. The van der Waals surface area contributed by atoms with E-state index in [1.54, 1.807) is 0 Å². The summed E-state index contributed by atoms with van der Waals surface area (Å²) in [7, 11) is 0. The first-order valence-corrected chi connectivity index (χ1v) is 7.33. The highest BCUT2D eigenvalue weighted by atomic mass is 16.5. The van der Waals surface area contributed by atoms with Gasteiger partial charge < -0.3 is 10.1 Å². The zero-order chi connectivity index (χ0) is 12.2. The summed E-state index contributed by atoms with van der Waals surface area (Å²) in [5, 5.41) is 3.56. The first kappa shape index (κ1) is 12.2. The molecule has 98 valence electrons. The first-order chi connectivity index (χ1) is 8.90. The molecule has 18 heavy (non-hydrogen) atoms. The molecule has 2 saturated carbocycles. The molecule has 1 aromatic rings. The second kappa shape index (κ2) is 5.85.